The summed E-state index contributed by atoms with van der Waals surface area (Å²) >= 11 is 0. The summed E-state index contributed by atoms with van der Waals surface area (Å²) in [7, 11) is 0. The minimum absolute atomic E-state index is 0.226. The number of alkyl halides is 6. The Kier molecular flexibility index (Phi) is 4.23. The third-order valence-electron chi connectivity index (χ3n) is 2.87. The van der Waals surface area contributed by atoms with Gasteiger partial charge in [-0.15, -0.1) is 0 Å². The minimum atomic E-state index is -5.75. The van der Waals surface area contributed by atoms with E-state index in [4.69, 9.17) is 0 Å². The van der Waals surface area contributed by atoms with E-state index in [0.717, 1.165) is 5.56 Å². The standard InChI is InChI=1S/C12H9F6NO3/c13-11(14,15)10(12(16,17)18)22-21-9(20)7-2-1-6-3-4-19-8(6)5-7/h1-2,5,10,19H,3-4H2. The monoisotopic (exact) mass is 329 g/mol. The number of nitrogens with one attached hydrogen (secondary N) is 1. The topological polar surface area (TPSA) is 47.6 Å². The van der Waals surface area contributed by atoms with Gasteiger partial charge in [-0.25, -0.2) is 4.79 Å². The Morgan fingerprint density at radius 3 is 2.36 bits per heavy atom. The van der Waals surface area contributed by atoms with Crippen molar-refractivity contribution in [1.29, 1.82) is 0 Å². The number of carbonyl (C=O) groups is 1. The van der Waals surface area contributed by atoms with E-state index in [1.54, 1.807) is 0 Å². The van der Waals surface area contributed by atoms with Crippen molar-refractivity contribution in [3.8, 4) is 0 Å². The highest BCUT2D eigenvalue weighted by atomic mass is 19.4. The average Bonchev–Trinajstić information content (AvgIpc) is 2.82. The fourth-order valence-electron chi connectivity index (χ4n) is 1.85. The van der Waals surface area contributed by atoms with E-state index in [-0.39, 0.29) is 5.56 Å². The lowest BCUT2D eigenvalue weighted by Crippen LogP contribution is -2.44. The number of benzene rings is 1. The Labute approximate surface area is 119 Å². The molecule has 2 rings (SSSR count). The number of halogens is 6. The zero-order valence-electron chi connectivity index (χ0n) is 10.7. The van der Waals surface area contributed by atoms with Crippen LogP contribution in [0.1, 0.15) is 15.9 Å². The van der Waals surface area contributed by atoms with E-state index >= 15 is 0 Å². The number of fused-ring (bicyclic) bond motifs is 1. The molecule has 1 aliphatic rings. The first-order valence-electron chi connectivity index (χ1n) is 5.97. The summed E-state index contributed by atoms with van der Waals surface area (Å²) in [5, 5.41) is 2.90. The fraction of sp³-hybridized carbons (Fsp3) is 0.417. The SMILES string of the molecule is O=C(OOC(C(F)(F)F)C(F)(F)F)c1ccc2c(c1)NCC2. The van der Waals surface area contributed by atoms with E-state index in [2.05, 4.69) is 15.1 Å². The first-order valence-corrected chi connectivity index (χ1v) is 5.97. The molecule has 1 aliphatic heterocycles. The van der Waals surface area contributed by atoms with Gasteiger partial charge in [0.15, 0.2) is 0 Å². The van der Waals surface area contributed by atoms with E-state index < -0.39 is 24.4 Å². The molecule has 0 aliphatic carbocycles. The molecule has 0 spiro atoms. The van der Waals surface area contributed by atoms with E-state index in [1.807, 2.05) is 0 Å². The number of rotatable bonds is 3. The third-order valence-corrected chi connectivity index (χ3v) is 2.87. The summed E-state index contributed by atoms with van der Waals surface area (Å²) in [5.74, 6) is -1.45. The molecule has 0 atom stereocenters. The van der Waals surface area contributed by atoms with Crippen molar-refractivity contribution >= 4 is 11.7 Å². The van der Waals surface area contributed by atoms with Crippen LogP contribution in [0.2, 0.25) is 0 Å². The van der Waals surface area contributed by atoms with Gasteiger partial charge in [-0.1, -0.05) is 6.07 Å². The van der Waals surface area contributed by atoms with Crippen LogP contribution in [0, 0.1) is 0 Å². The molecular weight excluding hydrogens is 320 g/mol. The molecule has 4 nitrogen and oxygen atoms in total. The first-order chi connectivity index (χ1) is 10.1. The largest absolute Gasteiger partial charge is 0.427 e. The molecule has 0 saturated heterocycles. The maximum Gasteiger partial charge on any atom is 0.427 e. The molecule has 1 N–H and O–H groups in total. The van der Waals surface area contributed by atoms with Crippen LogP contribution in [0.15, 0.2) is 18.2 Å². The van der Waals surface area contributed by atoms with Crippen molar-refractivity contribution < 1.29 is 40.9 Å². The van der Waals surface area contributed by atoms with Gasteiger partial charge in [0, 0.05) is 12.2 Å². The van der Waals surface area contributed by atoms with Crippen molar-refractivity contribution in [2.45, 2.75) is 24.9 Å². The van der Waals surface area contributed by atoms with Crippen molar-refractivity contribution in [2.24, 2.45) is 0 Å². The highest BCUT2D eigenvalue weighted by Gasteiger charge is 2.60. The van der Waals surface area contributed by atoms with Crippen LogP contribution in [0.5, 0.6) is 0 Å². The zero-order valence-corrected chi connectivity index (χ0v) is 10.7. The molecular formula is C12H9F6NO3. The zero-order chi connectivity index (χ0) is 16.5. The second-order valence-electron chi connectivity index (χ2n) is 4.48. The van der Waals surface area contributed by atoms with Crippen molar-refractivity contribution in [3.63, 3.8) is 0 Å². The molecule has 122 valence electrons. The van der Waals surface area contributed by atoms with E-state index in [9.17, 15) is 31.1 Å². The molecule has 1 aromatic carbocycles. The van der Waals surface area contributed by atoms with Gasteiger partial charge in [-0.2, -0.15) is 31.2 Å². The molecule has 0 amide bonds. The quantitative estimate of drug-likeness (QED) is 0.525. The third kappa shape index (κ3) is 3.62. The molecule has 0 fully saturated rings. The summed E-state index contributed by atoms with van der Waals surface area (Å²) in [4.78, 5) is 18.5. The molecule has 0 radical (unpaired) electrons. The Hall–Kier alpha value is -1.97. The van der Waals surface area contributed by atoms with Crippen LogP contribution in [-0.4, -0.2) is 31.0 Å². The van der Waals surface area contributed by atoms with Gasteiger partial charge in [0.2, 0.25) is 0 Å². The van der Waals surface area contributed by atoms with E-state index in [1.165, 1.54) is 18.2 Å². The molecule has 0 aromatic heterocycles. The molecule has 0 saturated carbocycles. The normalized spacial score (nSPS) is 14.7. The van der Waals surface area contributed by atoms with Crippen LogP contribution in [-0.2, 0) is 16.2 Å². The number of hydrogen-bond donors (Lipinski definition) is 1. The van der Waals surface area contributed by atoms with Gasteiger partial charge in [-0.05, 0) is 24.1 Å². The predicted molar refractivity (Wildman–Crippen MR) is 61.0 cm³/mol. The first kappa shape index (κ1) is 16.4. The Morgan fingerprint density at radius 1 is 1.14 bits per heavy atom. The lowest BCUT2D eigenvalue weighted by molar-refractivity contribution is -0.408. The van der Waals surface area contributed by atoms with Crippen molar-refractivity contribution in [3.05, 3.63) is 29.3 Å². The molecule has 1 heterocycles. The van der Waals surface area contributed by atoms with Crippen LogP contribution in [0.25, 0.3) is 0 Å². The number of carbonyl (C=O) groups excluding carboxylic acids is 1. The highest BCUT2D eigenvalue weighted by molar-refractivity contribution is 5.90. The van der Waals surface area contributed by atoms with Gasteiger partial charge >= 0.3 is 18.3 Å². The molecule has 0 unspecified atom stereocenters. The van der Waals surface area contributed by atoms with Crippen molar-refractivity contribution in [1.82, 2.24) is 0 Å². The summed E-state index contributed by atoms with van der Waals surface area (Å²) in [6, 6.07) is 4.02. The second-order valence-corrected chi connectivity index (χ2v) is 4.48. The van der Waals surface area contributed by atoms with Crippen LogP contribution < -0.4 is 5.32 Å². The van der Waals surface area contributed by atoms with Gasteiger partial charge in [0.05, 0.1) is 5.56 Å². The lowest BCUT2D eigenvalue weighted by atomic mass is 10.1. The number of anilines is 1. The molecule has 1 aromatic rings. The number of hydrogen-bond acceptors (Lipinski definition) is 4. The Morgan fingerprint density at radius 2 is 1.77 bits per heavy atom. The van der Waals surface area contributed by atoms with Gasteiger partial charge < -0.3 is 5.32 Å². The van der Waals surface area contributed by atoms with Crippen LogP contribution in [0.3, 0.4) is 0 Å². The summed E-state index contributed by atoms with van der Waals surface area (Å²) in [5.41, 5.74) is 1.22. The van der Waals surface area contributed by atoms with Crippen LogP contribution in [0.4, 0.5) is 32.0 Å². The van der Waals surface area contributed by atoms with Crippen LogP contribution >= 0.6 is 0 Å². The lowest BCUT2D eigenvalue weighted by Gasteiger charge is -2.21. The predicted octanol–water partition coefficient (Wildman–Crippen LogP) is 3.24. The Bertz CT molecular complexity index is 555. The smallest absolute Gasteiger partial charge is 0.384 e. The highest BCUT2D eigenvalue weighted by Crippen LogP contribution is 2.36. The van der Waals surface area contributed by atoms with Gasteiger partial charge in [0.1, 0.15) is 0 Å². The molecule has 22 heavy (non-hydrogen) atoms. The maximum absolute atomic E-state index is 12.2. The van der Waals surface area contributed by atoms with Gasteiger partial charge in [-0.3, -0.25) is 4.89 Å². The van der Waals surface area contributed by atoms with Gasteiger partial charge in [0.25, 0.3) is 6.10 Å². The minimum Gasteiger partial charge on any atom is -0.384 e. The summed E-state index contributed by atoms with van der Waals surface area (Å²) < 4.78 is 73.2. The maximum atomic E-state index is 12.2. The summed E-state index contributed by atoms with van der Waals surface area (Å²) in [6.45, 7) is 0.620. The fourth-order valence-corrected chi connectivity index (χ4v) is 1.85. The average molecular weight is 329 g/mol. The van der Waals surface area contributed by atoms with E-state index in [0.29, 0.717) is 18.7 Å². The molecule has 0 bridgehead atoms. The molecule has 10 heteroatoms. The Balaban J connectivity index is 2.05. The summed E-state index contributed by atoms with van der Waals surface area (Å²) in [6.07, 6.45) is -15.0. The van der Waals surface area contributed by atoms with Crippen molar-refractivity contribution in [2.75, 3.05) is 11.9 Å². The second kappa shape index (κ2) is 5.67.